The van der Waals surface area contributed by atoms with Crippen LogP contribution in [-0.4, -0.2) is 21.2 Å². The Bertz CT molecular complexity index is 979. The molecule has 1 heterocycles. The molecule has 1 aromatic heterocycles. The number of hydrogen-bond acceptors (Lipinski definition) is 3. The molecule has 0 aliphatic heterocycles. The van der Waals surface area contributed by atoms with Crippen LogP contribution >= 0.6 is 23.2 Å². The Morgan fingerprint density at radius 2 is 1.88 bits per heavy atom. The van der Waals surface area contributed by atoms with E-state index in [1.54, 1.807) is 19.1 Å². The van der Waals surface area contributed by atoms with Crippen molar-refractivity contribution in [1.82, 2.24) is 4.98 Å². The van der Waals surface area contributed by atoms with Gasteiger partial charge in [-0.25, -0.2) is 4.79 Å². The lowest BCUT2D eigenvalue weighted by molar-refractivity contribution is 0.0691. The quantitative estimate of drug-likeness (QED) is 0.588. The van der Waals surface area contributed by atoms with E-state index in [2.05, 4.69) is 4.98 Å². The molecule has 7 heteroatoms. The van der Waals surface area contributed by atoms with E-state index in [1.165, 1.54) is 12.1 Å². The number of rotatable bonds is 3. The highest BCUT2D eigenvalue weighted by molar-refractivity contribution is 6.41. The Balaban J connectivity index is 2.13. The average molecular weight is 366 g/mol. The van der Waals surface area contributed by atoms with E-state index in [9.17, 15) is 9.90 Å². The summed E-state index contributed by atoms with van der Waals surface area (Å²) in [4.78, 5) is 13.8. The number of aromatic hydroxyl groups is 1. The van der Waals surface area contributed by atoms with E-state index in [0.717, 1.165) is 5.56 Å². The van der Waals surface area contributed by atoms with E-state index >= 15 is 0 Å². The third-order valence-electron chi connectivity index (χ3n) is 3.92. The van der Waals surface area contributed by atoms with Crippen LogP contribution in [0.4, 0.5) is 0 Å². The second kappa shape index (κ2) is 5.92. The maximum absolute atomic E-state index is 11.1. The first kappa shape index (κ1) is 16.5. The van der Waals surface area contributed by atoms with Crippen LogP contribution in [-0.2, 0) is 0 Å². The van der Waals surface area contributed by atoms with Crippen LogP contribution in [0.15, 0.2) is 24.3 Å². The zero-order valence-corrected chi connectivity index (χ0v) is 14.3. The van der Waals surface area contributed by atoms with Gasteiger partial charge in [0.15, 0.2) is 5.75 Å². The molecule has 0 amide bonds. The summed E-state index contributed by atoms with van der Waals surface area (Å²) in [6, 6.07) is 6.14. The summed E-state index contributed by atoms with van der Waals surface area (Å²) in [6.07, 6.45) is 0. The number of nitrogens with one attached hydrogen (secondary N) is 1. The summed E-state index contributed by atoms with van der Waals surface area (Å²) in [5.74, 6) is -0.188. The van der Waals surface area contributed by atoms with Crippen molar-refractivity contribution < 1.29 is 19.7 Å². The smallest absolute Gasteiger partial charge is 0.352 e. The fraction of sp³-hybridized carbons (Fsp3) is 0.118. The lowest BCUT2D eigenvalue weighted by Crippen LogP contribution is -1.94. The van der Waals surface area contributed by atoms with Crippen molar-refractivity contribution in [3.05, 3.63) is 51.1 Å². The Morgan fingerprint density at radius 1 is 1.17 bits per heavy atom. The van der Waals surface area contributed by atoms with Crippen LogP contribution in [0.5, 0.6) is 17.2 Å². The number of benzene rings is 2. The predicted molar refractivity (Wildman–Crippen MR) is 92.9 cm³/mol. The molecule has 3 rings (SSSR count). The summed E-state index contributed by atoms with van der Waals surface area (Å²) in [5, 5.41) is 19.8. The molecule has 0 fully saturated rings. The van der Waals surface area contributed by atoms with Gasteiger partial charge in [0.2, 0.25) is 0 Å². The van der Waals surface area contributed by atoms with Crippen molar-refractivity contribution in [3.8, 4) is 17.2 Å². The van der Waals surface area contributed by atoms with E-state index in [1.807, 2.05) is 6.92 Å². The molecular formula is C17H13Cl2NO4. The van der Waals surface area contributed by atoms with Gasteiger partial charge in [-0.1, -0.05) is 23.2 Å². The SMILES string of the molecule is Cc1c(O)ccc(Oc2c(Cl)cc3[nH]c(C(=O)O)cc3c2Cl)c1C. The molecule has 3 aromatic rings. The highest BCUT2D eigenvalue weighted by atomic mass is 35.5. The fourth-order valence-corrected chi connectivity index (χ4v) is 2.98. The molecule has 0 radical (unpaired) electrons. The molecular weight excluding hydrogens is 353 g/mol. The van der Waals surface area contributed by atoms with Crippen LogP contribution in [0.2, 0.25) is 10.0 Å². The predicted octanol–water partition coefficient (Wildman–Crippen LogP) is 5.29. The average Bonchev–Trinajstić information content (AvgIpc) is 2.95. The minimum atomic E-state index is -1.09. The number of carboxylic acid groups (broad SMARTS) is 1. The first-order chi connectivity index (χ1) is 11.3. The monoisotopic (exact) mass is 365 g/mol. The Morgan fingerprint density at radius 3 is 2.54 bits per heavy atom. The molecule has 0 spiro atoms. The number of ether oxygens (including phenoxy) is 1. The van der Waals surface area contributed by atoms with Crippen molar-refractivity contribution in [2.75, 3.05) is 0 Å². The Labute approximate surface area is 147 Å². The van der Waals surface area contributed by atoms with Crippen molar-refractivity contribution in [1.29, 1.82) is 0 Å². The minimum absolute atomic E-state index is 0.0109. The third kappa shape index (κ3) is 2.66. The van der Waals surface area contributed by atoms with Crippen LogP contribution < -0.4 is 4.74 Å². The number of hydrogen-bond donors (Lipinski definition) is 3. The molecule has 5 nitrogen and oxygen atoms in total. The molecule has 124 valence electrons. The van der Waals surface area contributed by atoms with Gasteiger partial charge in [-0.15, -0.1) is 0 Å². The van der Waals surface area contributed by atoms with Gasteiger partial charge in [-0.2, -0.15) is 0 Å². The molecule has 0 saturated heterocycles. The van der Waals surface area contributed by atoms with Gasteiger partial charge in [0.25, 0.3) is 0 Å². The first-order valence-corrected chi connectivity index (χ1v) is 7.76. The minimum Gasteiger partial charge on any atom is -0.508 e. The molecule has 24 heavy (non-hydrogen) atoms. The molecule has 3 N–H and O–H groups in total. The summed E-state index contributed by atoms with van der Waals surface area (Å²) in [7, 11) is 0. The van der Waals surface area contributed by atoms with Gasteiger partial charge in [-0.3, -0.25) is 0 Å². The van der Waals surface area contributed by atoms with Gasteiger partial charge in [0.05, 0.1) is 10.0 Å². The Kier molecular flexibility index (Phi) is 4.07. The normalized spacial score (nSPS) is 11.0. The number of phenols is 1. The second-order valence-electron chi connectivity index (χ2n) is 5.39. The van der Waals surface area contributed by atoms with Crippen LogP contribution in [0.3, 0.4) is 0 Å². The fourth-order valence-electron chi connectivity index (χ4n) is 2.40. The number of carbonyl (C=O) groups is 1. The third-order valence-corrected chi connectivity index (χ3v) is 4.58. The van der Waals surface area contributed by atoms with Crippen molar-refractivity contribution in [3.63, 3.8) is 0 Å². The molecule has 0 bridgehead atoms. The van der Waals surface area contributed by atoms with Crippen molar-refractivity contribution >= 4 is 40.1 Å². The lowest BCUT2D eigenvalue weighted by atomic mass is 10.1. The second-order valence-corrected chi connectivity index (χ2v) is 6.17. The molecule has 0 saturated carbocycles. The maximum atomic E-state index is 11.1. The number of aromatic nitrogens is 1. The van der Waals surface area contributed by atoms with E-state index in [0.29, 0.717) is 22.2 Å². The molecule has 0 aliphatic rings. The zero-order chi connectivity index (χ0) is 17.6. The van der Waals surface area contributed by atoms with Gasteiger partial charge in [0.1, 0.15) is 17.2 Å². The summed E-state index contributed by atoms with van der Waals surface area (Å²) in [6.45, 7) is 3.58. The molecule has 0 atom stereocenters. The van der Waals surface area contributed by atoms with Gasteiger partial charge < -0.3 is 19.9 Å². The number of H-pyrrole nitrogens is 1. The highest BCUT2D eigenvalue weighted by Gasteiger charge is 2.18. The number of aromatic carboxylic acids is 1. The van der Waals surface area contributed by atoms with Crippen molar-refractivity contribution in [2.24, 2.45) is 0 Å². The number of phenolic OH excluding ortho intramolecular Hbond substituents is 1. The van der Waals surface area contributed by atoms with Gasteiger partial charge in [0, 0.05) is 10.9 Å². The molecule has 0 unspecified atom stereocenters. The number of halogens is 2. The maximum Gasteiger partial charge on any atom is 0.352 e. The standard InChI is InChI=1S/C17H13Cl2NO4/c1-7-8(2)14(4-3-13(7)21)24-16-10(18)6-11-9(15(16)19)5-12(20-11)17(22)23/h3-6,20-21H,1-2H3,(H,22,23). The number of fused-ring (bicyclic) bond motifs is 1. The van der Waals surface area contributed by atoms with E-state index in [4.69, 9.17) is 33.0 Å². The van der Waals surface area contributed by atoms with Crippen LogP contribution in [0.1, 0.15) is 21.6 Å². The van der Waals surface area contributed by atoms with E-state index in [-0.39, 0.29) is 27.2 Å². The topological polar surface area (TPSA) is 82.5 Å². The zero-order valence-electron chi connectivity index (χ0n) is 12.8. The Hall–Kier alpha value is -2.37. The molecule has 0 aliphatic carbocycles. The number of carboxylic acids is 1. The van der Waals surface area contributed by atoms with Crippen LogP contribution in [0, 0.1) is 13.8 Å². The number of aromatic amines is 1. The van der Waals surface area contributed by atoms with Crippen molar-refractivity contribution in [2.45, 2.75) is 13.8 Å². The van der Waals surface area contributed by atoms with Gasteiger partial charge in [-0.05, 0) is 49.2 Å². The highest BCUT2D eigenvalue weighted by Crippen LogP contribution is 2.43. The van der Waals surface area contributed by atoms with Crippen LogP contribution in [0.25, 0.3) is 10.9 Å². The van der Waals surface area contributed by atoms with Gasteiger partial charge >= 0.3 is 5.97 Å². The first-order valence-electron chi connectivity index (χ1n) is 7.00. The van der Waals surface area contributed by atoms with E-state index < -0.39 is 5.97 Å². The summed E-state index contributed by atoms with van der Waals surface area (Å²) < 4.78 is 5.85. The summed E-state index contributed by atoms with van der Waals surface area (Å²) >= 11 is 12.6. The lowest BCUT2D eigenvalue weighted by Gasteiger charge is -2.14. The molecule has 2 aromatic carbocycles. The largest absolute Gasteiger partial charge is 0.508 e. The summed E-state index contributed by atoms with van der Waals surface area (Å²) in [5.41, 5.74) is 1.96.